The lowest BCUT2D eigenvalue weighted by atomic mass is 10.1. The topological polar surface area (TPSA) is 71.8 Å². The van der Waals surface area contributed by atoms with Crippen LogP contribution in [0.1, 0.15) is 18.5 Å². The van der Waals surface area contributed by atoms with Crippen LogP contribution in [0.5, 0.6) is 0 Å². The second-order valence-corrected chi connectivity index (χ2v) is 3.66. The zero-order valence-electron chi connectivity index (χ0n) is 8.97. The van der Waals surface area contributed by atoms with Crippen molar-refractivity contribution < 1.29 is 0 Å². The molecule has 0 bridgehead atoms. The number of H-pyrrole nitrogens is 1. The number of rotatable bonds is 2. The molecule has 0 aliphatic rings. The Bertz CT molecular complexity index is 531. The Morgan fingerprint density at radius 2 is 2.12 bits per heavy atom. The molecule has 2 rings (SSSR count). The summed E-state index contributed by atoms with van der Waals surface area (Å²) < 4.78 is 0. The van der Waals surface area contributed by atoms with Gasteiger partial charge < -0.3 is 10.7 Å². The summed E-state index contributed by atoms with van der Waals surface area (Å²) in [7, 11) is 0. The lowest BCUT2D eigenvalue weighted by Gasteiger charge is -2.05. The van der Waals surface area contributed by atoms with Gasteiger partial charge in [-0.1, -0.05) is 6.07 Å². The molecule has 0 aliphatic carbocycles. The maximum atomic E-state index is 11.7. The van der Waals surface area contributed by atoms with E-state index in [0.717, 1.165) is 5.69 Å². The van der Waals surface area contributed by atoms with Crippen LogP contribution in [0.3, 0.4) is 0 Å². The first-order chi connectivity index (χ1) is 7.68. The van der Waals surface area contributed by atoms with Crippen LogP contribution in [0.2, 0.25) is 0 Å². The van der Waals surface area contributed by atoms with E-state index < -0.39 is 0 Å². The summed E-state index contributed by atoms with van der Waals surface area (Å²) in [5.74, 6) is 0. The second kappa shape index (κ2) is 4.28. The molecular weight excluding hydrogens is 202 g/mol. The molecule has 0 amide bonds. The summed E-state index contributed by atoms with van der Waals surface area (Å²) in [5, 5.41) is 0. The molecule has 2 aromatic rings. The number of nitrogens with one attached hydrogen (secondary N) is 1. The van der Waals surface area contributed by atoms with Gasteiger partial charge in [0.25, 0.3) is 5.56 Å². The first kappa shape index (κ1) is 10.6. The van der Waals surface area contributed by atoms with Crippen molar-refractivity contribution in [3.63, 3.8) is 0 Å². The van der Waals surface area contributed by atoms with Crippen LogP contribution in [-0.2, 0) is 0 Å². The third-order valence-electron chi connectivity index (χ3n) is 2.37. The Balaban J connectivity index is 2.47. The molecule has 1 atom stereocenters. The number of aromatic amines is 1. The fourth-order valence-corrected chi connectivity index (χ4v) is 1.52. The molecule has 4 nitrogen and oxygen atoms in total. The van der Waals surface area contributed by atoms with E-state index in [2.05, 4.69) is 9.97 Å². The standard InChI is InChI=1S/C12H13N3O/c1-8(13)9-5-6-11(15-12(9)16)10-4-2-3-7-14-10/h2-8H,13H2,1H3,(H,15,16)/t8-/m0/s1. The summed E-state index contributed by atoms with van der Waals surface area (Å²) in [4.78, 5) is 18.6. The maximum Gasteiger partial charge on any atom is 0.253 e. The van der Waals surface area contributed by atoms with E-state index in [4.69, 9.17) is 5.73 Å². The van der Waals surface area contributed by atoms with Crippen molar-refractivity contribution in [1.29, 1.82) is 0 Å². The zero-order chi connectivity index (χ0) is 11.5. The van der Waals surface area contributed by atoms with E-state index in [1.165, 1.54) is 0 Å². The van der Waals surface area contributed by atoms with Crippen LogP contribution in [0.4, 0.5) is 0 Å². The summed E-state index contributed by atoms with van der Waals surface area (Å²) in [6.45, 7) is 1.78. The number of aromatic nitrogens is 2. The third kappa shape index (κ3) is 2.01. The van der Waals surface area contributed by atoms with Crippen molar-refractivity contribution in [2.24, 2.45) is 5.73 Å². The van der Waals surface area contributed by atoms with Crippen LogP contribution in [0.15, 0.2) is 41.3 Å². The normalized spacial score (nSPS) is 12.4. The van der Waals surface area contributed by atoms with E-state index >= 15 is 0 Å². The van der Waals surface area contributed by atoms with E-state index in [1.54, 1.807) is 19.2 Å². The predicted molar refractivity (Wildman–Crippen MR) is 62.9 cm³/mol. The average Bonchev–Trinajstić information content (AvgIpc) is 2.29. The number of hydrogen-bond donors (Lipinski definition) is 2. The molecule has 3 N–H and O–H groups in total. The van der Waals surface area contributed by atoms with E-state index in [-0.39, 0.29) is 11.6 Å². The van der Waals surface area contributed by atoms with E-state index in [0.29, 0.717) is 11.3 Å². The lowest BCUT2D eigenvalue weighted by molar-refractivity contribution is 0.800. The molecular formula is C12H13N3O. The summed E-state index contributed by atoms with van der Waals surface area (Å²) >= 11 is 0. The molecule has 0 unspecified atom stereocenters. The highest BCUT2D eigenvalue weighted by Gasteiger charge is 2.06. The second-order valence-electron chi connectivity index (χ2n) is 3.66. The predicted octanol–water partition coefficient (Wildman–Crippen LogP) is 1.46. The smallest absolute Gasteiger partial charge is 0.253 e. The molecule has 16 heavy (non-hydrogen) atoms. The molecule has 2 heterocycles. The van der Waals surface area contributed by atoms with Crippen LogP contribution < -0.4 is 11.3 Å². The zero-order valence-corrected chi connectivity index (χ0v) is 8.97. The first-order valence-corrected chi connectivity index (χ1v) is 5.08. The Hall–Kier alpha value is -1.94. The maximum absolute atomic E-state index is 11.7. The first-order valence-electron chi connectivity index (χ1n) is 5.08. The Kier molecular flexibility index (Phi) is 2.83. The molecule has 0 aliphatic heterocycles. The summed E-state index contributed by atoms with van der Waals surface area (Å²) in [5.41, 5.74) is 7.55. The highest BCUT2D eigenvalue weighted by molar-refractivity contribution is 5.53. The minimum absolute atomic E-state index is 0.154. The highest BCUT2D eigenvalue weighted by Crippen LogP contribution is 2.13. The molecule has 82 valence electrons. The fraction of sp³-hybridized carbons (Fsp3) is 0.167. The van der Waals surface area contributed by atoms with Crippen molar-refractivity contribution in [3.8, 4) is 11.4 Å². The van der Waals surface area contributed by atoms with Gasteiger partial charge in [-0.3, -0.25) is 9.78 Å². The number of nitrogens with zero attached hydrogens (tertiary/aromatic N) is 1. The summed E-state index contributed by atoms with van der Waals surface area (Å²) in [6.07, 6.45) is 1.69. The van der Waals surface area contributed by atoms with Crippen molar-refractivity contribution in [2.75, 3.05) is 0 Å². The Morgan fingerprint density at radius 3 is 2.69 bits per heavy atom. The van der Waals surface area contributed by atoms with Gasteiger partial charge >= 0.3 is 0 Å². The van der Waals surface area contributed by atoms with Gasteiger partial charge in [0.2, 0.25) is 0 Å². The molecule has 2 aromatic heterocycles. The van der Waals surface area contributed by atoms with Gasteiger partial charge in [0, 0.05) is 17.8 Å². The van der Waals surface area contributed by atoms with Gasteiger partial charge in [-0.15, -0.1) is 0 Å². The molecule has 4 heteroatoms. The van der Waals surface area contributed by atoms with Crippen LogP contribution in [0.25, 0.3) is 11.4 Å². The van der Waals surface area contributed by atoms with Gasteiger partial charge in [-0.05, 0) is 31.2 Å². The van der Waals surface area contributed by atoms with Crippen molar-refractivity contribution in [1.82, 2.24) is 9.97 Å². The Morgan fingerprint density at radius 1 is 1.31 bits per heavy atom. The molecule has 0 saturated carbocycles. The SMILES string of the molecule is C[C@H](N)c1ccc(-c2ccccn2)[nH]c1=O. The number of hydrogen-bond acceptors (Lipinski definition) is 3. The fourth-order valence-electron chi connectivity index (χ4n) is 1.52. The van der Waals surface area contributed by atoms with Gasteiger partial charge in [-0.25, -0.2) is 0 Å². The van der Waals surface area contributed by atoms with Gasteiger partial charge in [0.05, 0.1) is 11.4 Å². The molecule has 0 aromatic carbocycles. The van der Waals surface area contributed by atoms with Crippen molar-refractivity contribution >= 4 is 0 Å². The molecule has 0 radical (unpaired) electrons. The number of nitrogens with two attached hydrogens (primary N) is 1. The van der Waals surface area contributed by atoms with E-state index in [1.807, 2.05) is 24.3 Å². The van der Waals surface area contributed by atoms with Crippen LogP contribution in [-0.4, -0.2) is 9.97 Å². The quantitative estimate of drug-likeness (QED) is 0.796. The van der Waals surface area contributed by atoms with Crippen LogP contribution >= 0.6 is 0 Å². The summed E-state index contributed by atoms with van der Waals surface area (Å²) in [6, 6.07) is 8.85. The Labute approximate surface area is 93.2 Å². The molecule has 0 saturated heterocycles. The van der Waals surface area contributed by atoms with E-state index in [9.17, 15) is 4.79 Å². The van der Waals surface area contributed by atoms with Gasteiger partial charge in [0.15, 0.2) is 0 Å². The van der Waals surface area contributed by atoms with Crippen molar-refractivity contribution in [3.05, 3.63) is 52.4 Å². The van der Waals surface area contributed by atoms with Gasteiger partial charge in [0.1, 0.15) is 0 Å². The molecule has 0 fully saturated rings. The van der Waals surface area contributed by atoms with Crippen LogP contribution in [0, 0.1) is 0 Å². The van der Waals surface area contributed by atoms with Gasteiger partial charge in [-0.2, -0.15) is 0 Å². The minimum Gasteiger partial charge on any atom is -0.324 e. The number of pyridine rings is 2. The largest absolute Gasteiger partial charge is 0.324 e. The monoisotopic (exact) mass is 215 g/mol. The highest BCUT2D eigenvalue weighted by atomic mass is 16.1. The van der Waals surface area contributed by atoms with Crippen molar-refractivity contribution in [2.45, 2.75) is 13.0 Å². The lowest BCUT2D eigenvalue weighted by Crippen LogP contribution is -2.19. The minimum atomic E-state index is -0.262. The third-order valence-corrected chi connectivity index (χ3v) is 2.37. The molecule has 0 spiro atoms. The average molecular weight is 215 g/mol.